The number of nitrogen functional groups attached to an aromatic ring is 1. The molecule has 5 heteroatoms. The zero-order valence-electron chi connectivity index (χ0n) is 9.35. The van der Waals surface area contributed by atoms with Crippen LogP contribution in [0.25, 0.3) is 0 Å². The second-order valence-electron chi connectivity index (χ2n) is 3.35. The molecule has 88 valence electrons. The highest BCUT2D eigenvalue weighted by Crippen LogP contribution is 2.29. The Hall–Kier alpha value is -1.10. The Kier molecular flexibility index (Phi) is 4.29. The molecule has 0 saturated heterocycles. The molecule has 0 radical (unpaired) electrons. The van der Waals surface area contributed by atoms with Gasteiger partial charge >= 0.3 is 0 Å². The molecule has 0 aliphatic rings. The summed E-state index contributed by atoms with van der Waals surface area (Å²) in [6, 6.07) is 3.31. The van der Waals surface area contributed by atoms with E-state index in [0.717, 1.165) is 13.1 Å². The van der Waals surface area contributed by atoms with E-state index in [1.165, 1.54) is 0 Å². The van der Waals surface area contributed by atoms with Crippen molar-refractivity contribution >= 4 is 27.5 Å². The van der Waals surface area contributed by atoms with E-state index in [-0.39, 0.29) is 16.1 Å². The monoisotopic (exact) mass is 287 g/mol. The van der Waals surface area contributed by atoms with Gasteiger partial charge in [0.1, 0.15) is 5.84 Å². The topological polar surface area (TPSA) is 53.1 Å². The number of rotatable bonds is 4. The second kappa shape index (κ2) is 5.30. The van der Waals surface area contributed by atoms with E-state index < -0.39 is 0 Å². The van der Waals surface area contributed by atoms with Crippen LogP contribution in [0.2, 0.25) is 0 Å². The molecule has 0 bridgehead atoms. The van der Waals surface area contributed by atoms with E-state index in [0.29, 0.717) is 11.3 Å². The fraction of sp³-hybridized carbons (Fsp3) is 0.364. The van der Waals surface area contributed by atoms with Crippen LogP contribution in [-0.2, 0) is 0 Å². The van der Waals surface area contributed by atoms with Gasteiger partial charge in [-0.25, -0.2) is 4.39 Å². The smallest absolute Gasteiger partial charge is 0.161 e. The van der Waals surface area contributed by atoms with E-state index in [9.17, 15) is 4.39 Å². The molecule has 3 N–H and O–H groups in total. The standard InChI is InChI=1S/C11H15BrFN3/c1-3-16(4-2)8-6-5-7(11(14)15)9(12)10(8)13/h5-6H,3-4H2,1-2H3,(H3,14,15). The zero-order valence-corrected chi connectivity index (χ0v) is 10.9. The van der Waals surface area contributed by atoms with Crippen molar-refractivity contribution in [2.24, 2.45) is 5.73 Å². The van der Waals surface area contributed by atoms with Gasteiger partial charge in [0.15, 0.2) is 5.82 Å². The van der Waals surface area contributed by atoms with Crippen LogP contribution in [0.5, 0.6) is 0 Å². The third kappa shape index (κ3) is 2.35. The Balaban J connectivity index is 3.26. The lowest BCUT2D eigenvalue weighted by Gasteiger charge is -2.22. The number of nitrogens with one attached hydrogen (secondary N) is 1. The van der Waals surface area contributed by atoms with Crippen LogP contribution in [0.15, 0.2) is 16.6 Å². The van der Waals surface area contributed by atoms with Gasteiger partial charge in [-0.05, 0) is 41.9 Å². The molecule has 0 heterocycles. The SMILES string of the molecule is CCN(CC)c1ccc(C(=N)N)c(Br)c1F. The van der Waals surface area contributed by atoms with Crippen LogP contribution in [0.3, 0.4) is 0 Å². The lowest BCUT2D eigenvalue weighted by molar-refractivity contribution is 0.613. The van der Waals surface area contributed by atoms with Crippen molar-refractivity contribution in [1.29, 1.82) is 5.41 Å². The first kappa shape index (κ1) is 13.0. The Morgan fingerprint density at radius 3 is 2.44 bits per heavy atom. The first-order valence-electron chi connectivity index (χ1n) is 5.10. The summed E-state index contributed by atoms with van der Waals surface area (Å²) in [5.41, 5.74) is 6.26. The maximum Gasteiger partial charge on any atom is 0.161 e. The molecule has 0 aliphatic heterocycles. The molecule has 1 aromatic rings. The molecular weight excluding hydrogens is 273 g/mol. The third-order valence-corrected chi connectivity index (χ3v) is 3.23. The van der Waals surface area contributed by atoms with E-state index in [1.807, 2.05) is 18.7 Å². The van der Waals surface area contributed by atoms with Crippen LogP contribution < -0.4 is 10.6 Å². The molecular formula is C11H15BrFN3. The van der Waals surface area contributed by atoms with Crippen molar-refractivity contribution in [1.82, 2.24) is 0 Å². The minimum atomic E-state index is -0.364. The summed E-state index contributed by atoms with van der Waals surface area (Å²) in [7, 11) is 0. The van der Waals surface area contributed by atoms with Gasteiger partial charge in [0.05, 0.1) is 10.2 Å². The molecule has 1 rings (SSSR count). The maximum absolute atomic E-state index is 14.0. The summed E-state index contributed by atoms with van der Waals surface area (Å²) >= 11 is 3.14. The summed E-state index contributed by atoms with van der Waals surface area (Å²) in [6.45, 7) is 5.41. The highest BCUT2D eigenvalue weighted by Gasteiger charge is 2.15. The van der Waals surface area contributed by atoms with Crippen LogP contribution >= 0.6 is 15.9 Å². The fourth-order valence-electron chi connectivity index (χ4n) is 1.56. The van der Waals surface area contributed by atoms with Gasteiger partial charge in [-0.15, -0.1) is 0 Å². The number of nitrogens with two attached hydrogens (primary N) is 1. The number of hydrogen-bond acceptors (Lipinski definition) is 2. The van der Waals surface area contributed by atoms with Crippen LogP contribution in [-0.4, -0.2) is 18.9 Å². The molecule has 0 spiro atoms. The Labute approximate surface area is 103 Å². The molecule has 0 aromatic heterocycles. The lowest BCUT2D eigenvalue weighted by Crippen LogP contribution is -2.23. The first-order chi connectivity index (χ1) is 7.52. The minimum Gasteiger partial charge on any atom is -0.384 e. The third-order valence-electron chi connectivity index (χ3n) is 2.46. The Morgan fingerprint density at radius 2 is 2.00 bits per heavy atom. The highest BCUT2D eigenvalue weighted by molar-refractivity contribution is 9.10. The first-order valence-corrected chi connectivity index (χ1v) is 5.89. The van der Waals surface area contributed by atoms with E-state index in [4.69, 9.17) is 11.1 Å². The number of nitrogens with zero attached hydrogens (tertiary/aromatic N) is 1. The second-order valence-corrected chi connectivity index (χ2v) is 4.14. The number of benzene rings is 1. The molecule has 1 aromatic carbocycles. The van der Waals surface area contributed by atoms with E-state index >= 15 is 0 Å². The van der Waals surface area contributed by atoms with Crippen molar-refractivity contribution in [3.05, 3.63) is 28.0 Å². The lowest BCUT2D eigenvalue weighted by atomic mass is 10.1. The van der Waals surface area contributed by atoms with Crippen molar-refractivity contribution in [3.8, 4) is 0 Å². The number of hydrogen-bond donors (Lipinski definition) is 2. The van der Waals surface area contributed by atoms with E-state index in [2.05, 4.69) is 15.9 Å². The van der Waals surface area contributed by atoms with Crippen molar-refractivity contribution in [2.45, 2.75) is 13.8 Å². The average molecular weight is 288 g/mol. The molecule has 16 heavy (non-hydrogen) atoms. The number of amidine groups is 1. The van der Waals surface area contributed by atoms with Crippen LogP contribution in [0.4, 0.5) is 10.1 Å². The zero-order chi connectivity index (χ0) is 12.3. The largest absolute Gasteiger partial charge is 0.384 e. The quantitative estimate of drug-likeness (QED) is 0.661. The predicted octanol–water partition coefficient (Wildman–Crippen LogP) is 2.72. The van der Waals surface area contributed by atoms with Gasteiger partial charge in [0.25, 0.3) is 0 Å². The molecule has 0 amide bonds. The number of halogens is 2. The van der Waals surface area contributed by atoms with Crippen molar-refractivity contribution in [3.63, 3.8) is 0 Å². The molecule has 0 fully saturated rings. The van der Waals surface area contributed by atoms with Crippen LogP contribution in [0, 0.1) is 11.2 Å². The number of anilines is 1. The van der Waals surface area contributed by atoms with Gasteiger partial charge in [-0.3, -0.25) is 5.41 Å². The summed E-state index contributed by atoms with van der Waals surface area (Å²) in [5, 5.41) is 7.31. The normalized spacial score (nSPS) is 10.2. The van der Waals surface area contributed by atoms with Crippen LogP contribution in [0.1, 0.15) is 19.4 Å². The van der Waals surface area contributed by atoms with E-state index in [1.54, 1.807) is 12.1 Å². The fourth-order valence-corrected chi connectivity index (χ4v) is 2.10. The van der Waals surface area contributed by atoms with Gasteiger partial charge < -0.3 is 10.6 Å². The van der Waals surface area contributed by atoms with Crippen molar-refractivity contribution < 1.29 is 4.39 Å². The molecule has 0 unspecified atom stereocenters. The summed E-state index contributed by atoms with van der Waals surface area (Å²) in [4.78, 5) is 1.91. The summed E-state index contributed by atoms with van der Waals surface area (Å²) in [6.07, 6.45) is 0. The molecule has 3 nitrogen and oxygen atoms in total. The van der Waals surface area contributed by atoms with Crippen molar-refractivity contribution in [2.75, 3.05) is 18.0 Å². The highest BCUT2D eigenvalue weighted by atomic mass is 79.9. The minimum absolute atomic E-state index is 0.142. The maximum atomic E-state index is 14.0. The molecule has 0 saturated carbocycles. The van der Waals surface area contributed by atoms with Gasteiger partial charge in [-0.2, -0.15) is 0 Å². The van der Waals surface area contributed by atoms with Gasteiger partial charge in [0, 0.05) is 18.7 Å². The molecule has 0 aliphatic carbocycles. The molecule has 0 atom stereocenters. The van der Waals surface area contributed by atoms with Gasteiger partial charge in [-0.1, -0.05) is 0 Å². The van der Waals surface area contributed by atoms with Gasteiger partial charge in [0.2, 0.25) is 0 Å². The average Bonchev–Trinajstić information content (AvgIpc) is 2.25. The summed E-state index contributed by atoms with van der Waals surface area (Å²) in [5.74, 6) is -0.506. The Bertz CT molecular complexity index is 402. The Morgan fingerprint density at radius 1 is 1.44 bits per heavy atom. The predicted molar refractivity (Wildman–Crippen MR) is 68.7 cm³/mol. The summed E-state index contributed by atoms with van der Waals surface area (Å²) < 4.78 is 14.3.